The van der Waals surface area contributed by atoms with E-state index in [0.29, 0.717) is 12.2 Å². The lowest BCUT2D eigenvalue weighted by Gasteiger charge is -2.34. The molecule has 164 valence electrons. The van der Waals surface area contributed by atoms with Crippen molar-refractivity contribution in [2.24, 2.45) is 0 Å². The van der Waals surface area contributed by atoms with Gasteiger partial charge in [-0.05, 0) is 25.0 Å². The van der Waals surface area contributed by atoms with Gasteiger partial charge in [0.1, 0.15) is 0 Å². The molecule has 0 aromatic carbocycles. The van der Waals surface area contributed by atoms with Crippen LogP contribution in [-0.4, -0.2) is 76.0 Å². The summed E-state index contributed by atoms with van der Waals surface area (Å²) < 4.78 is 7.59. The Labute approximate surface area is 185 Å². The van der Waals surface area contributed by atoms with Crippen LogP contribution >= 0.6 is 11.3 Å². The molecule has 8 nitrogen and oxygen atoms in total. The van der Waals surface area contributed by atoms with E-state index in [9.17, 15) is 4.79 Å². The summed E-state index contributed by atoms with van der Waals surface area (Å²) >= 11 is 1.56. The molecule has 1 atom stereocenters. The summed E-state index contributed by atoms with van der Waals surface area (Å²) in [7, 11) is 0. The molecule has 0 spiro atoms. The Balaban J connectivity index is 1.34. The van der Waals surface area contributed by atoms with Gasteiger partial charge in [-0.15, -0.1) is 11.3 Å². The number of hydrogen-bond acceptors (Lipinski definition) is 7. The summed E-state index contributed by atoms with van der Waals surface area (Å²) in [5, 5.41) is 5.62. The molecule has 1 amide bonds. The Morgan fingerprint density at radius 2 is 2.03 bits per heavy atom. The van der Waals surface area contributed by atoms with Crippen molar-refractivity contribution in [3.8, 4) is 0 Å². The van der Waals surface area contributed by atoms with Gasteiger partial charge in [0.15, 0.2) is 10.7 Å². The maximum absolute atomic E-state index is 13.1. The number of nitrogens with zero attached hydrogens (tertiary/aromatic N) is 5. The molecule has 2 saturated heterocycles. The van der Waals surface area contributed by atoms with Gasteiger partial charge < -0.3 is 15.0 Å². The first-order valence-electron chi connectivity index (χ1n) is 11.0. The van der Waals surface area contributed by atoms with E-state index in [1.54, 1.807) is 11.3 Å². The van der Waals surface area contributed by atoms with E-state index >= 15 is 0 Å². The minimum Gasteiger partial charge on any atom is -0.379 e. The molecular formula is C22H28N6O2S. The molecule has 0 radical (unpaired) electrons. The third kappa shape index (κ3) is 4.36. The molecule has 1 unspecified atom stereocenters. The first-order valence-corrected chi connectivity index (χ1v) is 11.9. The first kappa shape index (κ1) is 20.6. The van der Waals surface area contributed by atoms with Gasteiger partial charge >= 0.3 is 0 Å². The highest BCUT2D eigenvalue weighted by Gasteiger charge is 2.27. The Morgan fingerprint density at radius 3 is 2.81 bits per heavy atom. The van der Waals surface area contributed by atoms with Crippen LogP contribution in [0.2, 0.25) is 0 Å². The highest BCUT2D eigenvalue weighted by molar-refractivity contribution is 7.15. The van der Waals surface area contributed by atoms with Crippen LogP contribution < -0.4 is 5.32 Å². The number of thiazole rings is 1. The summed E-state index contributed by atoms with van der Waals surface area (Å²) in [6.45, 7) is 6.26. The average molecular weight is 441 g/mol. The zero-order valence-corrected chi connectivity index (χ0v) is 18.4. The fourth-order valence-corrected chi connectivity index (χ4v) is 5.19. The second kappa shape index (κ2) is 9.44. The van der Waals surface area contributed by atoms with Gasteiger partial charge in [0, 0.05) is 57.0 Å². The lowest BCUT2D eigenvalue weighted by molar-refractivity contribution is 0.0152. The van der Waals surface area contributed by atoms with Gasteiger partial charge in [0.05, 0.1) is 30.6 Å². The summed E-state index contributed by atoms with van der Waals surface area (Å²) in [5.74, 6) is 0.0552. The predicted molar refractivity (Wildman–Crippen MR) is 119 cm³/mol. The molecule has 2 aliphatic rings. The largest absolute Gasteiger partial charge is 0.379 e. The molecule has 9 heteroatoms. The Bertz CT molecular complexity index is 1010. The molecular weight excluding hydrogens is 412 g/mol. The van der Waals surface area contributed by atoms with E-state index in [4.69, 9.17) is 4.74 Å². The van der Waals surface area contributed by atoms with Crippen molar-refractivity contribution < 1.29 is 9.53 Å². The number of morpholine rings is 1. The van der Waals surface area contributed by atoms with Crippen LogP contribution in [0.15, 0.2) is 36.0 Å². The quantitative estimate of drug-likeness (QED) is 0.607. The SMILES string of the molecule is O=C(c1nc2sccn2c1CNCC(c1ccccn1)N1CCOCC1)N1CCCC1. The topological polar surface area (TPSA) is 75.0 Å². The third-order valence-corrected chi connectivity index (χ3v) is 6.86. The van der Waals surface area contributed by atoms with Crippen molar-refractivity contribution in [3.63, 3.8) is 0 Å². The van der Waals surface area contributed by atoms with Crippen LogP contribution in [0.25, 0.3) is 4.96 Å². The summed E-state index contributed by atoms with van der Waals surface area (Å²) in [4.78, 5) is 27.6. The lowest BCUT2D eigenvalue weighted by atomic mass is 10.1. The van der Waals surface area contributed by atoms with E-state index in [0.717, 1.165) is 75.1 Å². The fourth-order valence-electron chi connectivity index (χ4n) is 4.45. The number of carbonyl (C=O) groups is 1. The van der Waals surface area contributed by atoms with Crippen LogP contribution in [0.1, 0.15) is 40.8 Å². The normalized spacial score (nSPS) is 18.6. The van der Waals surface area contributed by atoms with E-state index in [2.05, 4.69) is 26.3 Å². The number of rotatable bonds is 7. The number of hydrogen-bond donors (Lipinski definition) is 1. The maximum atomic E-state index is 13.1. The van der Waals surface area contributed by atoms with E-state index < -0.39 is 0 Å². The van der Waals surface area contributed by atoms with Crippen molar-refractivity contribution >= 4 is 22.2 Å². The van der Waals surface area contributed by atoms with E-state index in [-0.39, 0.29) is 11.9 Å². The molecule has 2 aliphatic heterocycles. The Kier molecular flexibility index (Phi) is 6.26. The zero-order valence-electron chi connectivity index (χ0n) is 17.6. The minimum atomic E-state index is 0.0552. The standard InChI is InChI=1S/C22H28N6O2S/c29-21(27-7-3-4-8-27)20-19(28-11-14-31-22(28)25-20)16-23-15-18(17-5-1-2-6-24-17)26-9-12-30-13-10-26/h1-2,5-6,11,14,18,23H,3-4,7-10,12-13,15-16H2. The number of likely N-dealkylation sites (tertiary alicyclic amines) is 1. The number of pyridine rings is 1. The molecule has 3 aromatic heterocycles. The molecule has 3 aromatic rings. The van der Waals surface area contributed by atoms with Crippen molar-refractivity contribution in [1.82, 2.24) is 29.5 Å². The van der Waals surface area contributed by atoms with Crippen LogP contribution in [0.5, 0.6) is 0 Å². The van der Waals surface area contributed by atoms with Crippen LogP contribution in [-0.2, 0) is 11.3 Å². The summed E-state index contributed by atoms with van der Waals surface area (Å²) in [6.07, 6.45) is 6.00. The Morgan fingerprint density at radius 1 is 1.19 bits per heavy atom. The minimum absolute atomic E-state index is 0.0552. The van der Waals surface area contributed by atoms with E-state index in [1.807, 2.05) is 39.2 Å². The third-order valence-electron chi connectivity index (χ3n) is 6.10. The predicted octanol–water partition coefficient (Wildman–Crippen LogP) is 2.19. The van der Waals surface area contributed by atoms with Gasteiger partial charge in [0.2, 0.25) is 0 Å². The van der Waals surface area contributed by atoms with Crippen molar-refractivity contribution in [2.45, 2.75) is 25.4 Å². The van der Waals surface area contributed by atoms with Crippen LogP contribution in [0, 0.1) is 0 Å². The Hall–Kier alpha value is -2.33. The van der Waals surface area contributed by atoms with Crippen molar-refractivity contribution in [3.05, 3.63) is 53.1 Å². The molecule has 1 N–H and O–H groups in total. The molecule has 0 aliphatic carbocycles. The molecule has 2 fully saturated rings. The van der Waals surface area contributed by atoms with Crippen LogP contribution in [0.3, 0.4) is 0 Å². The number of nitrogens with one attached hydrogen (secondary N) is 1. The van der Waals surface area contributed by atoms with E-state index in [1.165, 1.54) is 0 Å². The average Bonchev–Trinajstić information content (AvgIpc) is 3.56. The highest BCUT2D eigenvalue weighted by Crippen LogP contribution is 2.22. The number of ether oxygens (including phenoxy) is 1. The number of fused-ring (bicyclic) bond motifs is 1. The molecule has 5 heterocycles. The number of aromatic nitrogens is 3. The summed E-state index contributed by atoms with van der Waals surface area (Å²) in [5.41, 5.74) is 2.58. The van der Waals surface area contributed by atoms with Crippen molar-refractivity contribution in [2.75, 3.05) is 45.9 Å². The second-order valence-corrected chi connectivity index (χ2v) is 8.88. The van der Waals surface area contributed by atoms with Gasteiger partial charge in [-0.3, -0.25) is 19.1 Å². The monoisotopic (exact) mass is 440 g/mol. The second-order valence-electron chi connectivity index (χ2n) is 8.01. The smallest absolute Gasteiger partial charge is 0.274 e. The lowest BCUT2D eigenvalue weighted by Crippen LogP contribution is -2.43. The first-order chi connectivity index (χ1) is 15.3. The van der Waals surface area contributed by atoms with Gasteiger partial charge in [-0.2, -0.15) is 0 Å². The number of carbonyl (C=O) groups excluding carboxylic acids is 1. The zero-order chi connectivity index (χ0) is 21.0. The molecule has 5 rings (SSSR count). The van der Waals surface area contributed by atoms with Gasteiger partial charge in [0.25, 0.3) is 5.91 Å². The number of amides is 1. The van der Waals surface area contributed by atoms with Gasteiger partial charge in [-0.1, -0.05) is 6.07 Å². The highest BCUT2D eigenvalue weighted by atomic mass is 32.1. The molecule has 31 heavy (non-hydrogen) atoms. The van der Waals surface area contributed by atoms with Gasteiger partial charge in [-0.25, -0.2) is 4.98 Å². The summed E-state index contributed by atoms with van der Waals surface area (Å²) in [6, 6.07) is 6.23. The number of imidazole rings is 1. The molecule has 0 bridgehead atoms. The van der Waals surface area contributed by atoms with Crippen molar-refractivity contribution in [1.29, 1.82) is 0 Å². The molecule has 0 saturated carbocycles. The maximum Gasteiger partial charge on any atom is 0.274 e. The van der Waals surface area contributed by atoms with Crippen LogP contribution in [0.4, 0.5) is 0 Å². The fraction of sp³-hybridized carbons (Fsp3) is 0.500.